The van der Waals surface area contributed by atoms with Gasteiger partial charge in [0, 0.05) is 16.4 Å². The third kappa shape index (κ3) is 3.20. The number of benzene rings is 1. The highest BCUT2D eigenvalue weighted by molar-refractivity contribution is 7.13. The average molecular weight is 270 g/mol. The molecule has 1 N–H and O–H groups in total. The van der Waals surface area contributed by atoms with E-state index in [1.54, 1.807) is 23.5 Å². The van der Waals surface area contributed by atoms with Crippen molar-refractivity contribution in [3.63, 3.8) is 0 Å². The van der Waals surface area contributed by atoms with Gasteiger partial charge in [-0.25, -0.2) is 4.98 Å². The maximum absolute atomic E-state index is 9.42. The van der Waals surface area contributed by atoms with Gasteiger partial charge in [-0.3, -0.25) is 0 Å². The predicted octanol–water partition coefficient (Wildman–Crippen LogP) is 4.24. The smallest absolute Gasteiger partial charge is 0.123 e. The summed E-state index contributed by atoms with van der Waals surface area (Å²) < 4.78 is 0. The van der Waals surface area contributed by atoms with Crippen LogP contribution in [0.2, 0.25) is 0 Å². The Morgan fingerprint density at radius 3 is 2.47 bits per heavy atom. The Hall–Kier alpha value is -1.06. The van der Waals surface area contributed by atoms with Crippen molar-refractivity contribution in [2.45, 2.75) is 26.2 Å². The molecule has 2 nitrogen and oxygen atoms in total. The van der Waals surface area contributed by atoms with Crippen LogP contribution in [0.3, 0.4) is 0 Å². The van der Waals surface area contributed by atoms with Crippen molar-refractivity contribution in [1.82, 2.24) is 4.98 Å². The molecule has 2 aromatic rings. The van der Waals surface area contributed by atoms with Gasteiger partial charge in [-0.15, -0.1) is 23.7 Å². The molecule has 92 valence electrons. The molecule has 1 heterocycles. The summed E-state index contributed by atoms with van der Waals surface area (Å²) in [6.07, 6.45) is 0. The van der Waals surface area contributed by atoms with Crippen LogP contribution < -0.4 is 0 Å². The third-order valence-electron chi connectivity index (χ3n) is 2.37. The molecule has 0 radical (unpaired) electrons. The first kappa shape index (κ1) is 14.0. The van der Waals surface area contributed by atoms with Crippen LogP contribution >= 0.6 is 23.7 Å². The summed E-state index contributed by atoms with van der Waals surface area (Å²) in [5.41, 5.74) is 2.14. The van der Waals surface area contributed by atoms with Gasteiger partial charge in [0.1, 0.15) is 10.8 Å². The van der Waals surface area contributed by atoms with Crippen molar-refractivity contribution < 1.29 is 5.11 Å². The highest BCUT2D eigenvalue weighted by atomic mass is 35.5. The van der Waals surface area contributed by atoms with Gasteiger partial charge in [0.15, 0.2) is 0 Å². The number of hydrogen-bond donors (Lipinski definition) is 1. The summed E-state index contributed by atoms with van der Waals surface area (Å²) in [6, 6.07) is 7.21. The molecular formula is C13H16ClNOS. The topological polar surface area (TPSA) is 33.1 Å². The van der Waals surface area contributed by atoms with Crippen molar-refractivity contribution in [2.24, 2.45) is 0 Å². The number of phenols is 1. The molecular weight excluding hydrogens is 254 g/mol. The monoisotopic (exact) mass is 269 g/mol. The molecule has 1 aromatic carbocycles. The number of halogens is 1. The van der Waals surface area contributed by atoms with Crippen LogP contribution in [0.4, 0.5) is 0 Å². The summed E-state index contributed by atoms with van der Waals surface area (Å²) >= 11 is 1.62. The highest BCUT2D eigenvalue weighted by Crippen LogP contribution is 2.30. The second-order valence-electron chi connectivity index (χ2n) is 4.84. The summed E-state index contributed by atoms with van der Waals surface area (Å²) in [5.74, 6) is 0.282. The Balaban J connectivity index is 0.00000144. The molecule has 0 spiro atoms. The van der Waals surface area contributed by atoms with E-state index in [4.69, 9.17) is 0 Å². The van der Waals surface area contributed by atoms with E-state index < -0.39 is 0 Å². The SMILES string of the molecule is CC(C)(C)c1csc(-c2cccc(O)c2)n1.Cl. The number of nitrogens with zero attached hydrogens (tertiary/aromatic N) is 1. The van der Waals surface area contributed by atoms with Crippen molar-refractivity contribution in [3.05, 3.63) is 35.3 Å². The molecule has 0 aliphatic carbocycles. The number of hydrogen-bond acceptors (Lipinski definition) is 3. The average Bonchev–Trinajstić information content (AvgIpc) is 2.65. The molecule has 0 aliphatic rings. The largest absolute Gasteiger partial charge is 0.508 e. The molecule has 17 heavy (non-hydrogen) atoms. The first-order valence-corrected chi connectivity index (χ1v) is 6.10. The van der Waals surface area contributed by atoms with Crippen LogP contribution in [0.15, 0.2) is 29.6 Å². The minimum atomic E-state index is 0. The molecule has 0 unspecified atom stereocenters. The number of aromatic nitrogens is 1. The van der Waals surface area contributed by atoms with Crippen molar-refractivity contribution >= 4 is 23.7 Å². The zero-order chi connectivity index (χ0) is 11.8. The van der Waals surface area contributed by atoms with E-state index >= 15 is 0 Å². The van der Waals surface area contributed by atoms with Gasteiger partial charge in [-0.1, -0.05) is 32.9 Å². The second-order valence-corrected chi connectivity index (χ2v) is 5.70. The number of thiazole rings is 1. The zero-order valence-corrected chi connectivity index (χ0v) is 11.7. The molecule has 0 atom stereocenters. The van der Waals surface area contributed by atoms with E-state index in [0.717, 1.165) is 16.3 Å². The molecule has 4 heteroatoms. The first-order chi connectivity index (χ1) is 7.47. The lowest BCUT2D eigenvalue weighted by Gasteiger charge is -2.14. The van der Waals surface area contributed by atoms with E-state index in [0.29, 0.717) is 0 Å². The maximum atomic E-state index is 9.42. The predicted molar refractivity (Wildman–Crippen MR) is 75.2 cm³/mol. The zero-order valence-electron chi connectivity index (χ0n) is 10.1. The Bertz CT molecular complexity index is 502. The number of aromatic hydroxyl groups is 1. The van der Waals surface area contributed by atoms with E-state index in [2.05, 4.69) is 31.1 Å². The van der Waals surface area contributed by atoms with Crippen LogP contribution in [0.5, 0.6) is 5.75 Å². The lowest BCUT2D eigenvalue weighted by Crippen LogP contribution is -2.11. The third-order valence-corrected chi connectivity index (χ3v) is 3.26. The van der Waals surface area contributed by atoms with E-state index in [9.17, 15) is 5.11 Å². The van der Waals surface area contributed by atoms with Gasteiger partial charge < -0.3 is 5.11 Å². The molecule has 0 saturated carbocycles. The van der Waals surface area contributed by atoms with Gasteiger partial charge in [-0.05, 0) is 12.1 Å². The van der Waals surface area contributed by atoms with Crippen molar-refractivity contribution in [3.8, 4) is 16.3 Å². The normalized spacial score (nSPS) is 11.0. The Kier molecular flexibility index (Phi) is 4.17. The number of phenolic OH excluding ortho intramolecular Hbond substituents is 1. The molecule has 2 rings (SSSR count). The Morgan fingerprint density at radius 1 is 1.24 bits per heavy atom. The van der Waals surface area contributed by atoms with Gasteiger partial charge in [0.25, 0.3) is 0 Å². The molecule has 0 fully saturated rings. The van der Waals surface area contributed by atoms with Gasteiger partial charge >= 0.3 is 0 Å². The van der Waals surface area contributed by atoms with Crippen LogP contribution in [-0.2, 0) is 5.41 Å². The van der Waals surface area contributed by atoms with Crippen LogP contribution in [0.25, 0.3) is 10.6 Å². The fourth-order valence-electron chi connectivity index (χ4n) is 1.39. The molecule has 0 amide bonds. The summed E-state index contributed by atoms with van der Waals surface area (Å²) in [4.78, 5) is 4.60. The lowest BCUT2D eigenvalue weighted by molar-refractivity contribution is 0.475. The standard InChI is InChI=1S/C13H15NOS.ClH/c1-13(2,3)11-8-16-12(14-11)9-5-4-6-10(15)7-9;/h4-8,15H,1-3H3;1H. The number of rotatable bonds is 1. The highest BCUT2D eigenvalue weighted by Gasteiger charge is 2.17. The quantitative estimate of drug-likeness (QED) is 0.840. The Morgan fingerprint density at radius 2 is 1.94 bits per heavy atom. The van der Waals surface area contributed by atoms with E-state index in [-0.39, 0.29) is 23.6 Å². The van der Waals surface area contributed by atoms with Gasteiger partial charge in [0.05, 0.1) is 5.69 Å². The molecule has 0 bridgehead atoms. The van der Waals surface area contributed by atoms with E-state index in [1.165, 1.54) is 0 Å². The van der Waals surface area contributed by atoms with Gasteiger partial charge in [-0.2, -0.15) is 0 Å². The second kappa shape index (κ2) is 5.07. The Labute approximate surface area is 112 Å². The minimum Gasteiger partial charge on any atom is -0.508 e. The maximum Gasteiger partial charge on any atom is 0.123 e. The molecule has 1 aromatic heterocycles. The molecule has 0 saturated heterocycles. The fourth-order valence-corrected chi connectivity index (χ4v) is 2.43. The lowest BCUT2D eigenvalue weighted by atomic mass is 9.93. The van der Waals surface area contributed by atoms with Crippen LogP contribution in [0.1, 0.15) is 26.5 Å². The van der Waals surface area contributed by atoms with E-state index in [1.807, 2.05) is 12.1 Å². The van der Waals surface area contributed by atoms with Crippen molar-refractivity contribution in [1.29, 1.82) is 0 Å². The van der Waals surface area contributed by atoms with Gasteiger partial charge in [0.2, 0.25) is 0 Å². The van der Waals surface area contributed by atoms with Crippen LogP contribution in [0, 0.1) is 0 Å². The summed E-state index contributed by atoms with van der Waals surface area (Å²) in [7, 11) is 0. The summed E-state index contributed by atoms with van der Waals surface area (Å²) in [6.45, 7) is 6.44. The fraction of sp³-hybridized carbons (Fsp3) is 0.308. The van der Waals surface area contributed by atoms with Crippen LogP contribution in [-0.4, -0.2) is 10.1 Å². The van der Waals surface area contributed by atoms with Crippen molar-refractivity contribution in [2.75, 3.05) is 0 Å². The molecule has 0 aliphatic heterocycles. The summed E-state index contributed by atoms with van der Waals surface area (Å²) in [5, 5.41) is 12.5. The first-order valence-electron chi connectivity index (χ1n) is 5.22. The minimum absolute atomic E-state index is 0.